The average molecular weight is 242 g/mol. The van der Waals surface area contributed by atoms with Gasteiger partial charge in [0.1, 0.15) is 6.04 Å². The summed E-state index contributed by atoms with van der Waals surface area (Å²) in [6.45, 7) is 3.61. The number of carbonyl (C=O) groups excluding carboxylic acids is 1. The van der Waals surface area contributed by atoms with Gasteiger partial charge in [-0.1, -0.05) is 19.8 Å². The first-order chi connectivity index (χ1) is 8.15. The number of carboxylic acid groups (broad SMARTS) is 1. The maximum absolute atomic E-state index is 11.9. The molecule has 0 aromatic heterocycles. The molecule has 1 aliphatic rings. The van der Waals surface area contributed by atoms with E-state index in [0.717, 1.165) is 32.2 Å². The molecule has 17 heavy (non-hydrogen) atoms. The first-order valence-corrected chi connectivity index (χ1v) is 6.39. The van der Waals surface area contributed by atoms with Crippen molar-refractivity contribution in [2.75, 3.05) is 13.1 Å². The van der Waals surface area contributed by atoms with Gasteiger partial charge in [-0.25, -0.2) is 4.79 Å². The smallest absolute Gasteiger partial charge is 0.326 e. The molecule has 2 atom stereocenters. The van der Waals surface area contributed by atoms with Gasteiger partial charge in [-0.05, 0) is 25.8 Å². The molecule has 1 aliphatic heterocycles. The fraction of sp³-hybridized carbons (Fsp3) is 0.833. The predicted molar refractivity (Wildman–Crippen MR) is 64.7 cm³/mol. The molecule has 1 unspecified atom stereocenters. The van der Waals surface area contributed by atoms with Crippen molar-refractivity contribution in [3.63, 3.8) is 0 Å². The number of carbonyl (C=O) groups is 2. The van der Waals surface area contributed by atoms with E-state index >= 15 is 0 Å². The van der Waals surface area contributed by atoms with Gasteiger partial charge in [-0.15, -0.1) is 0 Å². The van der Waals surface area contributed by atoms with Crippen molar-refractivity contribution in [1.29, 1.82) is 0 Å². The second-order valence-electron chi connectivity index (χ2n) is 4.58. The standard InChI is InChI=1S/C12H22N2O3/c1-2-3-6-10(12(16)17)14-11(15)9-5-4-7-13-8-9/h9-10,13H,2-8H2,1H3,(H,14,15)(H,16,17)/t9-,10?/m1/s1. The summed E-state index contributed by atoms with van der Waals surface area (Å²) in [5, 5.41) is 14.8. The number of hydrogen-bond donors (Lipinski definition) is 3. The number of carboxylic acids is 1. The van der Waals surface area contributed by atoms with Crippen LogP contribution in [0, 0.1) is 5.92 Å². The van der Waals surface area contributed by atoms with Crippen LogP contribution in [0.25, 0.3) is 0 Å². The maximum Gasteiger partial charge on any atom is 0.326 e. The Bertz CT molecular complexity index is 262. The van der Waals surface area contributed by atoms with Crippen molar-refractivity contribution in [3.8, 4) is 0 Å². The summed E-state index contributed by atoms with van der Waals surface area (Å²) in [7, 11) is 0. The van der Waals surface area contributed by atoms with Crippen LogP contribution >= 0.6 is 0 Å². The van der Waals surface area contributed by atoms with E-state index in [-0.39, 0.29) is 11.8 Å². The summed E-state index contributed by atoms with van der Waals surface area (Å²) in [4.78, 5) is 22.9. The lowest BCUT2D eigenvalue weighted by atomic mass is 9.98. The summed E-state index contributed by atoms with van der Waals surface area (Å²) in [6.07, 6.45) is 4.09. The van der Waals surface area contributed by atoms with Gasteiger partial charge in [0.15, 0.2) is 0 Å². The number of unbranched alkanes of at least 4 members (excludes halogenated alkanes) is 1. The predicted octanol–water partition coefficient (Wildman–Crippen LogP) is 0.746. The SMILES string of the molecule is CCCCC(NC(=O)[C@@H]1CCCNC1)C(=O)O. The fourth-order valence-corrected chi connectivity index (χ4v) is 2.03. The maximum atomic E-state index is 11.9. The second-order valence-corrected chi connectivity index (χ2v) is 4.58. The molecule has 0 saturated carbocycles. The third-order valence-electron chi connectivity index (χ3n) is 3.13. The topological polar surface area (TPSA) is 78.4 Å². The first kappa shape index (κ1) is 14.0. The molecule has 1 rings (SSSR count). The monoisotopic (exact) mass is 242 g/mol. The molecule has 0 aromatic carbocycles. The second kappa shape index (κ2) is 7.27. The minimum atomic E-state index is -0.935. The largest absolute Gasteiger partial charge is 0.480 e. The summed E-state index contributed by atoms with van der Waals surface area (Å²) in [6, 6.07) is -0.732. The molecule has 98 valence electrons. The molecule has 3 N–H and O–H groups in total. The molecule has 0 aromatic rings. The van der Waals surface area contributed by atoms with Gasteiger partial charge in [0.25, 0.3) is 0 Å². The Morgan fingerprint density at radius 2 is 2.29 bits per heavy atom. The van der Waals surface area contributed by atoms with Gasteiger partial charge >= 0.3 is 5.97 Å². The Kier molecular flexibility index (Phi) is 5.97. The van der Waals surface area contributed by atoms with Crippen LogP contribution in [0.4, 0.5) is 0 Å². The third-order valence-corrected chi connectivity index (χ3v) is 3.13. The average Bonchev–Trinajstić information content (AvgIpc) is 2.35. The van der Waals surface area contributed by atoms with Gasteiger partial charge in [0.05, 0.1) is 5.92 Å². The number of amides is 1. The van der Waals surface area contributed by atoms with Gasteiger partial charge < -0.3 is 15.7 Å². The van der Waals surface area contributed by atoms with Crippen LogP contribution < -0.4 is 10.6 Å². The number of hydrogen-bond acceptors (Lipinski definition) is 3. The van der Waals surface area contributed by atoms with Gasteiger partial charge in [-0.3, -0.25) is 4.79 Å². The van der Waals surface area contributed by atoms with E-state index in [1.54, 1.807) is 0 Å². The first-order valence-electron chi connectivity index (χ1n) is 6.39. The summed E-state index contributed by atoms with van der Waals surface area (Å²) < 4.78 is 0. The molecule has 1 saturated heterocycles. The van der Waals surface area contributed by atoms with Crippen LogP contribution in [0.2, 0.25) is 0 Å². The number of nitrogens with one attached hydrogen (secondary N) is 2. The molecule has 1 amide bonds. The zero-order chi connectivity index (χ0) is 12.7. The lowest BCUT2D eigenvalue weighted by Crippen LogP contribution is -2.47. The Hall–Kier alpha value is -1.10. The molecule has 0 aliphatic carbocycles. The molecular formula is C12H22N2O3. The van der Waals surface area contributed by atoms with Crippen LogP contribution in [0.3, 0.4) is 0 Å². The van der Waals surface area contributed by atoms with Gasteiger partial charge in [0, 0.05) is 6.54 Å². The van der Waals surface area contributed by atoms with E-state index in [9.17, 15) is 9.59 Å². The van der Waals surface area contributed by atoms with E-state index in [1.807, 2.05) is 6.92 Å². The molecule has 0 spiro atoms. The molecule has 5 nitrogen and oxygen atoms in total. The zero-order valence-electron chi connectivity index (χ0n) is 10.4. The minimum Gasteiger partial charge on any atom is -0.480 e. The quantitative estimate of drug-likeness (QED) is 0.642. The van der Waals surface area contributed by atoms with Crippen molar-refractivity contribution >= 4 is 11.9 Å². The van der Waals surface area contributed by atoms with Crippen LogP contribution in [0.1, 0.15) is 39.0 Å². The van der Waals surface area contributed by atoms with E-state index < -0.39 is 12.0 Å². The van der Waals surface area contributed by atoms with Gasteiger partial charge in [0.2, 0.25) is 5.91 Å². The van der Waals surface area contributed by atoms with E-state index in [0.29, 0.717) is 13.0 Å². The fourth-order valence-electron chi connectivity index (χ4n) is 2.03. The van der Waals surface area contributed by atoms with Crippen LogP contribution in [0.5, 0.6) is 0 Å². The van der Waals surface area contributed by atoms with Crippen LogP contribution in [0.15, 0.2) is 0 Å². The highest BCUT2D eigenvalue weighted by atomic mass is 16.4. The minimum absolute atomic E-state index is 0.0766. The highest BCUT2D eigenvalue weighted by Gasteiger charge is 2.25. The van der Waals surface area contributed by atoms with E-state index in [2.05, 4.69) is 10.6 Å². The zero-order valence-corrected chi connectivity index (χ0v) is 10.4. The van der Waals surface area contributed by atoms with Crippen LogP contribution in [-0.2, 0) is 9.59 Å². The van der Waals surface area contributed by atoms with Crippen LogP contribution in [-0.4, -0.2) is 36.1 Å². The Labute approximate surface area is 102 Å². The Balaban J connectivity index is 2.42. The number of rotatable bonds is 6. The molecule has 0 bridgehead atoms. The molecular weight excluding hydrogens is 220 g/mol. The lowest BCUT2D eigenvalue weighted by molar-refractivity contribution is -0.142. The third kappa shape index (κ3) is 4.73. The summed E-state index contributed by atoms with van der Waals surface area (Å²) >= 11 is 0. The highest BCUT2D eigenvalue weighted by Crippen LogP contribution is 2.11. The molecule has 1 fully saturated rings. The Morgan fingerprint density at radius 1 is 1.53 bits per heavy atom. The van der Waals surface area contributed by atoms with Gasteiger partial charge in [-0.2, -0.15) is 0 Å². The number of aliphatic carboxylic acids is 1. The van der Waals surface area contributed by atoms with Crippen molar-refractivity contribution in [2.24, 2.45) is 5.92 Å². The van der Waals surface area contributed by atoms with Crippen molar-refractivity contribution < 1.29 is 14.7 Å². The summed E-state index contributed by atoms with van der Waals surface area (Å²) in [5.41, 5.74) is 0. The highest BCUT2D eigenvalue weighted by molar-refractivity contribution is 5.85. The molecule has 1 heterocycles. The lowest BCUT2D eigenvalue weighted by Gasteiger charge is -2.24. The van der Waals surface area contributed by atoms with E-state index in [1.165, 1.54) is 0 Å². The molecule has 5 heteroatoms. The number of piperidine rings is 1. The normalized spacial score (nSPS) is 21.8. The van der Waals surface area contributed by atoms with Crippen molar-refractivity contribution in [2.45, 2.75) is 45.1 Å². The molecule has 0 radical (unpaired) electrons. The van der Waals surface area contributed by atoms with Crippen molar-refractivity contribution in [3.05, 3.63) is 0 Å². The summed E-state index contributed by atoms with van der Waals surface area (Å²) in [5.74, 6) is -1.14. The van der Waals surface area contributed by atoms with Crippen molar-refractivity contribution in [1.82, 2.24) is 10.6 Å². The Morgan fingerprint density at radius 3 is 2.82 bits per heavy atom. The van der Waals surface area contributed by atoms with E-state index in [4.69, 9.17) is 5.11 Å².